The van der Waals surface area contributed by atoms with Gasteiger partial charge in [-0.25, -0.2) is 4.98 Å². The number of morpholine rings is 1. The van der Waals surface area contributed by atoms with Gasteiger partial charge in [-0.05, 0) is 24.9 Å². The minimum Gasteiger partial charge on any atom is -0.378 e. The third-order valence-electron chi connectivity index (χ3n) is 5.31. The van der Waals surface area contributed by atoms with Crippen LogP contribution in [-0.2, 0) is 11.2 Å². The number of rotatable bonds is 5. The Morgan fingerprint density at radius 2 is 1.96 bits per heavy atom. The van der Waals surface area contributed by atoms with Crippen molar-refractivity contribution in [2.24, 2.45) is 0 Å². The fourth-order valence-corrected chi connectivity index (χ4v) is 3.81. The van der Waals surface area contributed by atoms with Gasteiger partial charge in [0.15, 0.2) is 0 Å². The topological polar surface area (TPSA) is 61.5 Å². The van der Waals surface area contributed by atoms with Crippen LogP contribution in [0.15, 0.2) is 41.2 Å². The molecule has 1 atom stereocenters. The van der Waals surface area contributed by atoms with Gasteiger partial charge in [0.2, 0.25) is 5.95 Å². The van der Waals surface area contributed by atoms with E-state index in [1.807, 2.05) is 0 Å². The second-order valence-electron chi connectivity index (χ2n) is 7.12. The number of anilines is 1. The second kappa shape index (κ2) is 8.01. The lowest BCUT2D eigenvalue weighted by molar-refractivity contribution is 0.122. The van der Waals surface area contributed by atoms with E-state index in [-0.39, 0.29) is 5.56 Å². The number of aromatic amines is 1. The maximum Gasteiger partial charge on any atom is 0.252 e. The molecule has 0 spiro atoms. The van der Waals surface area contributed by atoms with E-state index in [2.05, 4.69) is 45.1 Å². The minimum absolute atomic E-state index is 0.0563. The van der Waals surface area contributed by atoms with Crippen molar-refractivity contribution in [3.8, 4) is 0 Å². The summed E-state index contributed by atoms with van der Waals surface area (Å²) in [6, 6.07) is 12.3. The Labute approximate surface area is 153 Å². The summed E-state index contributed by atoms with van der Waals surface area (Å²) in [6.07, 6.45) is 2.13. The molecule has 2 aliphatic rings. The first-order valence-electron chi connectivity index (χ1n) is 9.48. The molecule has 138 valence electrons. The lowest BCUT2D eigenvalue weighted by Gasteiger charge is -2.27. The molecule has 2 aliphatic heterocycles. The van der Waals surface area contributed by atoms with Gasteiger partial charge in [0.1, 0.15) is 0 Å². The molecule has 3 heterocycles. The van der Waals surface area contributed by atoms with Crippen molar-refractivity contribution < 1.29 is 4.74 Å². The predicted octanol–water partition coefficient (Wildman–Crippen LogP) is 1.64. The van der Waals surface area contributed by atoms with E-state index in [0.717, 1.165) is 51.3 Å². The van der Waals surface area contributed by atoms with Crippen molar-refractivity contribution in [1.82, 2.24) is 14.9 Å². The van der Waals surface area contributed by atoms with E-state index in [9.17, 15) is 4.79 Å². The van der Waals surface area contributed by atoms with Crippen LogP contribution in [0.4, 0.5) is 5.95 Å². The highest BCUT2D eigenvalue weighted by Gasteiger charge is 2.26. The van der Waals surface area contributed by atoms with E-state index in [0.29, 0.717) is 25.1 Å². The molecule has 2 aromatic rings. The SMILES string of the molecule is O=c1cc([C@H]2CCN(CCc3ccccc3)C2)nc(N2CCOCC2)[nH]1. The number of hydrogen-bond donors (Lipinski definition) is 1. The predicted molar refractivity (Wildman–Crippen MR) is 102 cm³/mol. The largest absolute Gasteiger partial charge is 0.378 e. The van der Waals surface area contributed by atoms with Gasteiger partial charge in [-0.15, -0.1) is 0 Å². The zero-order valence-electron chi connectivity index (χ0n) is 15.1. The van der Waals surface area contributed by atoms with Crippen molar-refractivity contribution in [3.63, 3.8) is 0 Å². The van der Waals surface area contributed by atoms with Gasteiger partial charge in [-0.1, -0.05) is 30.3 Å². The Morgan fingerprint density at radius 3 is 2.77 bits per heavy atom. The average Bonchev–Trinajstić information content (AvgIpc) is 3.17. The van der Waals surface area contributed by atoms with Gasteiger partial charge >= 0.3 is 0 Å². The normalized spacial score (nSPS) is 21.2. The summed E-state index contributed by atoms with van der Waals surface area (Å²) in [5.74, 6) is 1.03. The quantitative estimate of drug-likeness (QED) is 0.884. The van der Waals surface area contributed by atoms with Crippen LogP contribution in [0.2, 0.25) is 0 Å². The van der Waals surface area contributed by atoms with Crippen molar-refractivity contribution in [2.45, 2.75) is 18.8 Å². The van der Waals surface area contributed by atoms with Gasteiger partial charge in [0, 0.05) is 38.2 Å². The molecule has 2 saturated heterocycles. The van der Waals surface area contributed by atoms with E-state index in [1.165, 1.54) is 5.56 Å². The fourth-order valence-electron chi connectivity index (χ4n) is 3.81. The van der Waals surface area contributed by atoms with Crippen LogP contribution in [0, 0.1) is 0 Å². The van der Waals surface area contributed by atoms with Crippen LogP contribution in [0.3, 0.4) is 0 Å². The zero-order chi connectivity index (χ0) is 17.8. The maximum absolute atomic E-state index is 12.1. The van der Waals surface area contributed by atoms with Crippen LogP contribution in [-0.4, -0.2) is 60.8 Å². The van der Waals surface area contributed by atoms with Crippen molar-refractivity contribution in [1.29, 1.82) is 0 Å². The molecule has 6 heteroatoms. The smallest absolute Gasteiger partial charge is 0.252 e. The molecule has 6 nitrogen and oxygen atoms in total. The molecule has 4 rings (SSSR count). The van der Waals surface area contributed by atoms with Gasteiger partial charge < -0.3 is 14.5 Å². The zero-order valence-corrected chi connectivity index (χ0v) is 15.1. The number of likely N-dealkylation sites (tertiary alicyclic amines) is 1. The highest BCUT2D eigenvalue weighted by atomic mass is 16.5. The number of aromatic nitrogens is 2. The first-order valence-corrected chi connectivity index (χ1v) is 9.48. The molecule has 0 unspecified atom stereocenters. The number of nitrogens with one attached hydrogen (secondary N) is 1. The Morgan fingerprint density at radius 1 is 1.15 bits per heavy atom. The number of hydrogen-bond acceptors (Lipinski definition) is 5. The van der Waals surface area contributed by atoms with Crippen LogP contribution < -0.4 is 10.5 Å². The van der Waals surface area contributed by atoms with Crippen LogP contribution in [0.5, 0.6) is 0 Å². The lowest BCUT2D eigenvalue weighted by Crippen LogP contribution is -2.38. The van der Waals surface area contributed by atoms with Gasteiger partial charge in [-0.2, -0.15) is 0 Å². The molecule has 1 aromatic carbocycles. The van der Waals surface area contributed by atoms with Crippen LogP contribution in [0.25, 0.3) is 0 Å². The minimum atomic E-state index is -0.0563. The molecule has 1 aromatic heterocycles. The summed E-state index contributed by atoms with van der Waals surface area (Å²) in [7, 11) is 0. The molecular weight excluding hydrogens is 328 g/mol. The Bertz CT molecular complexity index is 771. The van der Waals surface area contributed by atoms with Crippen LogP contribution >= 0.6 is 0 Å². The van der Waals surface area contributed by atoms with Crippen molar-refractivity contribution in [3.05, 3.63) is 58.0 Å². The first-order chi connectivity index (χ1) is 12.8. The lowest BCUT2D eigenvalue weighted by atomic mass is 10.0. The average molecular weight is 354 g/mol. The molecule has 0 aliphatic carbocycles. The monoisotopic (exact) mass is 354 g/mol. The molecule has 26 heavy (non-hydrogen) atoms. The molecule has 0 radical (unpaired) electrons. The summed E-state index contributed by atoms with van der Waals surface area (Å²) in [5.41, 5.74) is 2.25. The second-order valence-corrected chi connectivity index (χ2v) is 7.12. The Hall–Kier alpha value is -2.18. The van der Waals surface area contributed by atoms with E-state index in [1.54, 1.807) is 6.07 Å². The summed E-state index contributed by atoms with van der Waals surface area (Å²) in [4.78, 5) is 24.4. The van der Waals surface area contributed by atoms with Gasteiger partial charge in [-0.3, -0.25) is 9.78 Å². The van der Waals surface area contributed by atoms with Gasteiger partial charge in [0.25, 0.3) is 5.56 Å². The molecule has 2 fully saturated rings. The van der Waals surface area contributed by atoms with E-state index < -0.39 is 0 Å². The molecule has 1 N–H and O–H groups in total. The number of ether oxygens (including phenoxy) is 1. The fraction of sp³-hybridized carbons (Fsp3) is 0.500. The first kappa shape index (κ1) is 17.2. The maximum atomic E-state index is 12.1. The summed E-state index contributed by atoms with van der Waals surface area (Å²) in [6.45, 7) is 6.03. The van der Waals surface area contributed by atoms with E-state index in [4.69, 9.17) is 9.72 Å². The molecule has 0 saturated carbocycles. The summed E-state index contributed by atoms with van der Waals surface area (Å²) < 4.78 is 5.39. The standard InChI is InChI=1S/C20H26N4O2/c25-19-14-18(21-20(22-19)24-10-12-26-13-11-24)17-7-9-23(15-17)8-6-16-4-2-1-3-5-16/h1-5,14,17H,6-13,15H2,(H,21,22,25)/t17-/m0/s1. The third kappa shape index (κ3) is 4.14. The number of H-pyrrole nitrogens is 1. The van der Waals surface area contributed by atoms with Crippen LogP contribution in [0.1, 0.15) is 23.6 Å². The molecule has 0 bridgehead atoms. The molecular formula is C20H26N4O2. The van der Waals surface area contributed by atoms with Crippen molar-refractivity contribution >= 4 is 5.95 Å². The Balaban J connectivity index is 1.40. The number of nitrogens with zero attached hydrogens (tertiary/aromatic N) is 3. The van der Waals surface area contributed by atoms with Crippen molar-refractivity contribution in [2.75, 3.05) is 50.8 Å². The third-order valence-corrected chi connectivity index (χ3v) is 5.31. The summed E-state index contributed by atoms with van der Waals surface area (Å²) in [5, 5.41) is 0. The number of benzene rings is 1. The van der Waals surface area contributed by atoms with E-state index >= 15 is 0 Å². The highest BCUT2D eigenvalue weighted by molar-refractivity contribution is 5.32. The van der Waals surface area contributed by atoms with Gasteiger partial charge in [0.05, 0.1) is 18.9 Å². The summed E-state index contributed by atoms with van der Waals surface area (Å²) >= 11 is 0. The highest BCUT2D eigenvalue weighted by Crippen LogP contribution is 2.26. The molecule has 0 amide bonds. The Kier molecular flexibility index (Phi) is 5.32.